The molecular weight excluding hydrogens is 348 g/mol. The van der Waals surface area contributed by atoms with Crippen molar-refractivity contribution in [3.63, 3.8) is 0 Å². The number of hydrogen-bond donors (Lipinski definition) is 1. The van der Waals surface area contributed by atoms with E-state index in [0.717, 1.165) is 11.8 Å². The van der Waals surface area contributed by atoms with E-state index in [0.29, 0.717) is 11.3 Å². The first-order valence-corrected chi connectivity index (χ1v) is 8.04. The number of hydrogen-bond acceptors (Lipinski definition) is 6. The Morgan fingerprint density at radius 2 is 1.56 bits per heavy atom. The van der Waals surface area contributed by atoms with Gasteiger partial charge >= 0.3 is 11.9 Å². The van der Waals surface area contributed by atoms with E-state index in [2.05, 4.69) is 14.8 Å². The zero-order chi connectivity index (χ0) is 19.8. The number of nitrogens with zero attached hydrogens (tertiary/aromatic N) is 1. The van der Waals surface area contributed by atoms with E-state index in [1.54, 1.807) is 36.2 Å². The second-order valence-electron chi connectivity index (χ2n) is 5.47. The predicted molar refractivity (Wildman–Crippen MR) is 101 cm³/mol. The molecule has 27 heavy (non-hydrogen) atoms. The van der Waals surface area contributed by atoms with Crippen molar-refractivity contribution in [3.8, 4) is 0 Å². The van der Waals surface area contributed by atoms with Gasteiger partial charge in [-0.15, -0.1) is 0 Å². The van der Waals surface area contributed by atoms with Crippen LogP contribution in [0.3, 0.4) is 0 Å². The Morgan fingerprint density at radius 1 is 0.926 bits per heavy atom. The van der Waals surface area contributed by atoms with Gasteiger partial charge in [0.1, 0.15) is 5.70 Å². The molecule has 2 aromatic carbocycles. The van der Waals surface area contributed by atoms with Crippen molar-refractivity contribution < 1.29 is 23.9 Å². The Bertz CT molecular complexity index is 844. The van der Waals surface area contributed by atoms with Crippen molar-refractivity contribution in [3.05, 3.63) is 71.9 Å². The SMILES string of the molecule is COC(=O)/C=C(/Nc1ccc(C(=O)N(C)c2ccccc2)cc1)C(=O)OC. The van der Waals surface area contributed by atoms with Gasteiger partial charge in [-0.25, -0.2) is 9.59 Å². The second-order valence-corrected chi connectivity index (χ2v) is 5.47. The van der Waals surface area contributed by atoms with E-state index < -0.39 is 11.9 Å². The molecule has 1 amide bonds. The van der Waals surface area contributed by atoms with Crippen molar-refractivity contribution in [2.24, 2.45) is 0 Å². The topological polar surface area (TPSA) is 84.9 Å². The van der Waals surface area contributed by atoms with Crippen LogP contribution in [-0.4, -0.2) is 39.1 Å². The van der Waals surface area contributed by atoms with E-state index >= 15 is 0 Å². The van der Waals surface area contributed by atoms with Gasteiger partial charge < -0.3 is 19.7 Å². The maximum Gasteiger partial charge on any atom is 0.354 e. The number of ether oxygens (including phenoxy) is 2. The van der Waals surface area contributed by atoms with E-state index in [-0.39, 0.29) is 11.6 Å². The highest BCUT2D eigenvalue weighted by Crippen LogP contribution is 2.17. The van der Waals surface area contributed by atoms with Crippen LogP contribution >= 0.6 is 0 Å². The van der Waals surface area contributed by atoms with Crippen molar-refractivity contribution in [1.29, 1.82) is 0 Å². The van der Waals surface area contributed by atoms with Crippen LogP contribution in [0.5, 0.6) is 0 Å². The van der Waals surface area contributed by atoms with Crippen molar-refractivity contribution in [1.82, 2.24) is 0 Å². The summed E-state index contributed by atoms with van der Waals surface area (Å²) in [6.07, 6.45) is 0.994. The first-order chi connectivity index (χ1) is 13.0. The lowest BCUT2D eigenvalue weighted by Gasteiger charge is -2.17. The molecule has 0 aliphatic rings. The summed E-state index contributed by atoms with van der Waals surface area (Å²) in [7, 11) is 4.10. The number of nitrogens with one attached hydrogen (secondary N) is 1. The van der Waals surface area contributed by atoms with Gasteiger partial charge in [-0.1, -0.05) is 18.2 Å². The lowest BCUT2D eigenvalue weighted by atomic mass is 10.1. The van der Waals surface area contributed by atoms with Gasteiger partial charge in [0.25, 0.3) is 5.91 Å². The monoisotopic (exact) mass is 368 g/mol. The standard InChI is InChI=1S/C20H20N2O5/c1-22(16-7-5-4-6-8-16)19(24)14-9-11-15(12-10-14)21-17(20(25)27-3)13-18(23)26-2/h4-13,21H,1-3H3/b17-13+. The number of rotatable bonds is 6. The lowest BCUT2D eigenvalue weighted by molar-refractivity contribution is -0.138. The number of anilines is 2. The molecule has 0 aromatic heterocycles. The van der Waals surface area contributed by atoms with Crippen LogP contribution in [0, 0.1) is 0 Å². The van der Waals surface area contributed by atoms with Gasteiger partial charge in [0.05, 0.1) is 20.3 Å². The van der Waals surface area contributed by atoms with Crippen LogP contribution in [0.2, 0.25) is 0 Å². The number of esters is 2. The normalized spacial score (nSPS) is 10.7. The third kappa shape index (κ3) is 5.18. The van der Waals surface area contributed by atoms with E-state index in [1.807, 2.05) is 30.3 Å². The first-order valence-electron chi connectivity index (χ1n) is 8.04. The average Bonchev–Trinajstić information content (AvgIpc) is 2.72. The predicted octanol–water partition coefficient (Wildman–Crippen LogP) is 2.61. The Balaban J connectivity index is 2.16. The van der Waals surface area contributed by atoms with Crippen LogP contribution in [-0.2, 0) is 19.1 Å². The maximum atomic E-state index is 12.6. The summed E-state index contributed by atoms with van der Waals surface area (Å²) in [5.41, 5.74) is 1.68. The van der Waals surface area contributed by atoms with Gasteiger partial charge in [0.15, 0.2) is 0 Å². The van der Waals surface area contributed by atoms with E-state index in [1.165, 1.54) is 14.2 Å². The zero-order valence-corrected chi connectivity index (χ0v) is 15.3. The maximum absolute atomic E-state index is 12.6. The quantitative estimate of drug-likeness (QED) is 0.623. The number of benzene rings is 2. The van der Waals surface area contributed by atoms with Crippen LogP contribution in [0.4, 0.5) is 11.4 Å². The molecule has 0 fully saturated rings. The average molecular weight is 368 g/mol. The molecule has 0 saturated carbocycles. The molecule has 0 bridgehead atoms. The molecule has 2 rings (SSSR count). The Morgan fingerprint density at radius 3 is 2.11 bits per heavy atom. The fraction of sp³-hybridized carbons (Fsp3) is 0.150. The molecule has 0 saturated heterocycles. The highest BCUT2D eigenvalue weighted by Gasteiger charge is 2.15. The van der Waals surface area contributed by atoms with Gasteiger partial charge in [-0.3, -0.25) is 4.79 Å². The molecule has 7 heteroatoms. The first kappa shape index (κ1) is 19.7. The molecule has 140 valence electrons. The minimum absolute atomic E-state index is 0.0789. The molecule has 0 aliphatic heterocycles. The van der Waals surface area contributed by atoms with Gasteiger partial charge in [-0.05, 0) is 36.4 Å². The molecule has 7 nitrogen and oxygen atoms in total. The fourth-order valence-electron chi connectivity index (χ4n) is 2.25. The minimum Gasteiger partial charge on any atom is -0.466 e. The summed E-state index contributed by atoms with van der Waals surface area (Å²) >= 11 is 0. The Hall–Kier alpha value is -3.61. The molecule has 0 aliphatic carbocycles. The molecule has 0 radical (unpaired) electrons. The molecule has 0 atom stereocenters. The summed E-state index contributed by atoms with van der Waals surface area (Å²) in [5, 5.41) is 2.78. The highest BCUT2D eigenvalue weighted by molar-refractivity contribution is 6.06. The fourth-order valence-corrected chi connectivity index (χ4v) is 2.25. The van der Waals surface area contributed by atoms with E-state index in [9.17, 15) is 14.4 Å². The Labute approximate surface area is 157 Å². The van der Waals surface area contributed by atoms with Crippen molar-refractivity contribution >= 4 is 29.2 Å². The molecule has 0 spiro atoms. The third-order valence-electron chi connectivity index (χ3n) is 3.73. The number of methoxy groups -OCH3 is 2. The number of carbonyl (C=O) groups excluding carboxylic acids is 3. The molecular formula is C20H20N2O5. The van der Waals surface area contributed by atoms with Gasteiger partial charge in [-0.2, -0.15) is 0 Å². The summed E-state index contributed by atoms with van der Waals surface area (Å²) in [6, 6.07) is 15.8. The minimum atomic E-state index is -0.718. The van der Waals surface area contributed by atoms with Crippen LogP contribution in [0.1, 0.15) is 10.4 Å². The van der Waals surface area contributed by atoms with Crippen LogP contribution < -0.4 is 10.2 Å². The highest BCUT2D eigenvalue weighted by atomic mass is 16.5. The summed E-state index contributed by atoms with van der Waals surface area (Å²) in [5.74, 6) is -1.59. The summed E-state index contributed by atoms with van der Waals surface area (Å²) in [6.45, 7) is 0. The number of para-hydroxylation sites is 1. The number of carbonyl (C=O) groups is 3. The summed E-state index contributed by atoms with van der Waals surface area (Å²) < 4.78 is 9.15. The van der Waals surface area contributed by atoms with Crippen molar-refractivity contribution in [2.45, 2.75) is 0 Å². The molecule has 0 unspecified atom stereocenters. The van der Waals surface area contributed by atoms with Crippen LogP contribution in [0.15, 0.2) is 66.4 Å². The van der Waals surface area contributed by atoms with Crippen LogP contribution in [0.25, 0.3) is 0 Å². The van der Waals surface area contributed by atoms with E-state index in [4.69, 9.17) is 0 Å². The third-order valence-corrected chi connectivity index (χ3v) is 3.73. The number of amides is 1. The lowest BCUT2D eigenvalue weighted by Crippen LogP contribution is -2.26. The second kappa shape index (κ2) is 9.19. The van der Waals surface area contributed by atoms with Gasteiger partial charge in [0.2, 0.25) is 0 Å². The van der Waals surface area contributed by atoms with Crippen molar-refractivity contribution in [2.75, 3.05) is 31.5 Å². The molecule has 0 heterocycles. The molecule has 2 aromatic rings. The summed E-state index contributed by atoms with van der Waals surface area (Å²) in [4.78, 5) is 37.3. The Kier molecular flexibility index (Phi) is 6.71. The smallest absolute Gasteiger partial charge is 0.354 e. The zero-order valence-electron chi connectivity index (χ0n) is 15.3. The molecule has 1 N–H and O–H groups in total. The largest absolute Gasteiger partial charge is 0.466 e. The van der Waals surface area contributed by atoms with Gasteiger partial charge in [0, 0.05) is 24.0 Å².